The third kappa shape index (κ3) is 6.58. The molecule has 0 fully saturated rings. The van der Waals surface area contributed by atoms with Crippen LogP contribution >= 0.6 is 0 Å². The summed E-state index contributed by atoms with van der Waals surface area (Å²) >= 11 is 0. The lowest BCUT2D eigenvalue weighted by Crippen LogP contribution is -2.47. The molecule has 6 heteroatoms. The van der Waals surface area contributed by atoms with Crippen LogP contribution in [0.4, 0.5) is 0 Å². The van der Waals surface area contributed by atoms with E-state index >= 15 is 0 Å². The molecule has 13 heavy (non-hydrogen) atoms. The summed E-state index contributed by atoms with van der Waals surface area (Å²) in [7, 11) is -2.51. The van der Waals surface area contributed by atoms with Gasteiger partial charge in [-0.15, -0.1) is 0 Å². The van der Waals surface area contributed by atoms with Crippen LogP contribution in [-0.4, -0.2) is 33.9 Å². The van der Waals surface area contributed by atoms with Crippen LogP contribution in [0.1, 0.15) is 6.42 Å². The van der Waals surface area contributed by atoms with Gasteiger partial charge in [-0.2, -0.15) is 0 Å². The summed E-state index contributed by atoms with van der Waals surface area (Å²) in [5, 5.41) is 0. The molecule has 0 spiro atoms. The molecule has 0 bridgehead atoms. The van der Waals surface area contributed by atoms with Gasteiger partial charge in [0.05, 0.1) is 0 Å². The van der Waals surface area contributed by atoms with Crippen molar-refractivity contribution in [2.24, 2.45) is 5.73 Å². The van der Waals surface area contributed by atoms with Crippen molar-refractivity contribution >= 4 is 27.4 Å². The summed E-state index contributed by atoms with van der Waals surface area (Å²) in [6.07, 6.45) is 1.02. The molecule has 0 aliphatic heterocycles. The molecule has 3 nitrogen and oxygen atoms in total. The molecule has 0 heterocycles. The smallest absolute Gasteiger partial charge is 0.313 e. The molecule has 0 aromatic carbocycles. The quantitative estimate of drug-likeness (QED) is 0.687. The van der Waals surface area contributed by atoms with Crippen molar-refractivity contribution in [2.45, 2.75) is 38.7 Å². The van der Waals surface area contributed by atoms with Gasteiger partial charge in [0.1, 0.15) is 10.5 Å². The van der Waals surface area contributed by atoms with Crippen molar-refractivity contribution < 1.29 is 8.23 Å². The molecule has 0 amide bonds. The Kier molecular flexibility index (Phi) is 5.64. The highest BCUT2D eigenvalue weighted by Crippen LogP contribution is 2.19. The lowest BCUT2D eigenvalue weighted by Gasteiger charge is -2.33. The Balaban J connectivity index is 4.11. The van der Waals surface area contributed by atoms with E-state index in [2.05, 4.69) is 26.2 Å². The van der Waals surface area contributed by atoms with E-state index < -0.39 is 16.9 Å². The first-order valence-corrected chi connectivity index (χ1v) is 11.5. The Morgan fingerprint density at radius 3 is 2.08 bits per heavy atom. The largest absolute Gasteiger partial charge is 0.445 e. The minimum absolute atomic E-state index is 0.739. The Labute approximate surface area is 86.9 Å². The molecule has 2 N–H and O–H groups in total. The first-order valence-electron chi connectivity index (χ1n) is 4.78. The average Bonchev–Trinajstić information content (AvgIpc) is 1.98. The first-order chi connectivity index (χ1) is 5.83. The minimum Gasteiger partial charge on any atom is -0.445 e. The molecule has 0 saturated heterocycles. The molecule has 0 aromatic heterocycles. The van der Waals surface area contributed by atoms with Crippen LogP contribution in [0.15, 0.2) is 0 Å². The molecule has 1 atom stereocenters. The Bertz CT molecular complexity index is 151. The summed E-state index contributed by atoms with van der Waals surface area (Å²) in [6, 6.07) is 1.04. The van der Waals surface area contributed by atoms with Gasteiger partial charge >= 0.3 is 8.56 Å². The van der Waals surface area contributed by atoms with Gasteiger partial charge in [0.15, 0.2) is 8.32 Å². The van der Waals surface area contributed by atoms with E-state index in [1.807, 2.05) is 0 Å². The van der Waals surface area contributed by atoms with Gasteiger partial charge in [-0.3, -0.25) is 0 Å². The van der Waals surface area contributed by atoms with Crippen LogP contribution in [0, 0.1) is 0 Å². The van der Waals surface area contributed by atoms with E-state index in [9.17, 15) is 0 Å². The van der Waals surface area contributed by atoms with Gasteiger partial charge in [-0.25, -0.2) is 0 Å². The highest BCUT2D eigenvalue weighted by Gasteiger charge is 2.34. The highest BCUT2D eigenvalue weighted by atomic mass is 28.5. The molecule has 0 saturated carbocycles. The van der Waals surface area contributed by atoms with Crippen LogP contribution in [0.2, 0.25) is 32.2 Å². The van der Waals surface area contributed by atoms with Crippen LogP contribution in [0.25, 0.3) is 0 Å². The lowest BCUT2D eigenvalue weighted by atomic mass is 10.5. The van der Waals surface area contributed by atoms with Gasteiger partial charge in [0.25, 0.3) is 0 Å². The number of hydrogen-bond donors (Lipinski definition) is 1. The third-order valence-corrected chi connectivity index (χ3v) is 10.7. The summed E-state index contributed by atoms with van der Waals surface area (Å²) in [4.78, 5) is 0. The minimum atomic E-state index is -1.84. The van der Waals surface area contributed by atoms with E-state index in [4.69, 9.17) is 14.0 Å². The number of rotatable bonds is 6. The fourth-order valence-electron chi connectivity index (χ4n) is 1.27. The van der Waals surface area contributed by atoms with Crippen molar-refractivity contribution in [3.63, 3.8) is 0 Å². The number of nitrogens with two attached hydrogens (primary N) is 1. The van der Waals surface area contributed by atoms with Gasteiger partial charge < -0.3 is 14.0 Å². The van der Waals surface area contributed by atoms with E-state index in [0.717, 1.165) is 29.5 Å². The fraction of sp³-hybridized carbons (Fsp3) is 1.00. The topological polar surface area (TPSA) is 44.5 Å². The Hall–Kier alpha value is 0.531. The van der Waals surface area contributed by atoms with Crippen LogP contribution in [0.5, 0.6) is 0 Å². The summed E-state index contributed by atoms with van der Waals surface area (Å²) in [5.74, 6) is 0. The molecule has 80 valence electrons. The lowest BCUT2D eigenvalue weighted by molar-refractivity contribution is 0.403. The summed E-state index contributed by atoms with van der Waals surface area (Å²) in [5.41, 5.74) is 5.49. The summed E-state index contributed by atoms with van der Waals surface area (Å²) < 4.78 is 11.8. The maximum atomic E-state index is 6.11. The second-order valence-electron chi connectivity index (χ2n) is 4.44. The molecule has 0 radical (unpaired) electrons. The van der Waals surface area contributed by atoms with Gasteiger partial charge in [0.2, 0.25) is 0 Å². The first kappa shape index (κ1) is 13.5. The number of hydrogen-bond acceptors (Lipinski definition) is 3. The van der Waals surface area contributed by atoms with E-state index in [0.29, 0.717) is 0 Å². The second kappa shape index (κ2) is 5.42. The molecule has 1 unspecified atom stereocenters. The Morgan fingerprint density at radius 1 is 1.23 bits per heavy atom. The van der Waals surface area contributed by atoms with Crippen molar-refractivity contribution in [2.75, 3.05) is 6.54 Å². The zero-order chi connectivity index (χ0) is 10.5. The summed E-state index contributed by atoms with van der Waals surface area (Å²) in [6.45, 7) is 9.53. The fourth-order valence-corrected chi connectivity index (χ4v) is 9.60. The normalized spacial score (nSPS) is 17.3. The van der Waals surface area contributed by atoms with Crippen molar-refractivity contribution in [3.05, 3.63) is 0 Å². The van der Waals surface area contributed by atoms with Crippen LogP contribution in [0.3, 0.4) is 0 Å². The van der Waals surface area contributed by atoms with Gasteiger partial charge in [0, 0.05) is 0 Å². The molecular weight excluding hydrogens is 214 g/mol. The van der Waals surface area contributed by atoms with Crippen LogP contribution in [-0.2, 0) is 8.23 Å². The monoisotopic (exact) mass is 237 g/mol. The third-order valence-electron chi connectivity index (χ3n) is 1.79. The standard InChI is InChI=1S/C7H23NO2Si3/c1-12(2,3)10-13(4,9-11)7-5-6-8/h5-8H2,1-4,11H3. The van der Waals surface area contributed by atoms with E-state index in [1.165, 1.54) is 0 Å². The molecule has 0 aromatic rings. The zero-order valence-electron chi connectivity index (χ0n) is 9.52. The van der Waals surface area contributed by atoms with Crippen LogP contribution < -0.4 is 5.73 Å². The second-order valence-corrected chi connectivity index (χ2v) is 13.9. The Morgan fingerprint density at radius 2 is 1.77 bits per heavy atom. The maximum absolute atomic E-state index is 6.11. The maximum Gasteiger partial charge on any atom is 0.313 e. The average molecular weight is 238 g/mol. The highest BCUT2D eigenvalue weighted by molar-refractivity contribution is 6.82. The van der Waals surface area contributed by atoms with Crippen molar-refractivity contribution in [3.8, 4) is 0 Å². The van der Waals surface area contributed by atoms with Crippen molar-refractivity contribution in [1.29, 1.82) is 0 Å². The molecule has 0 rings (SSSR count). The SMILES string of the molecule is C[Si](C)(C)O[Si](C)(CCCN)O[SiH3]. The zero-order valence-corrected chi connectivity index (χ0v) is 13.5. The van der Waals surface area contributed by atoms with Crippen molar-refractivity contribution in [1.82, 2.24) is 0 Å². The van der Waals surface area contributed by atoms with E-state index in [-0.39, 0.29) is 0 Å². The van der Waals surface area contributed by atoms with Gasteiger partial charge in [-0.05, 0) is 45.2 Å². The molecular formula is C7H23NO2Si3. The van der Waals surface area contributed by atoms with Gasteiger partial charge in [-0.1, -0.05) is 0 Å². The molecule has 0 aliphatic carbocycles. The molecule has 0 aliphatic rings. The van der Waals surface area contributed by atoms with E-state index in [1.54, 1.807) is 0 Å². The predicted molar refractivity (Wildman–Crippen MR) is 65.6 cm³/mol. The predicted octanol–water partition coefficient (Wildman–Crippen LogP) is 0.556.